The van der Waals surface area contributed by atoms with Crippen LogP contribution in [0.4, 0.5) is 5.13 Å². The van der Waals surface area contributed by atoms with Crippen molar-refractivity contribution in [1.29, 1.82) is 0 Å². The van der Waals surface area contributed by atoms with Crippen LogP contribution in [0, 0.1) is 0 Å². The van der Waals surface area contributed by atoms with Crippen molar-refractivity contribution in [2.45, 2.75) is 88.4 Å². The molecule has 50 heavy (non-hydrogen) atoms. The molecule has 21 heteroatoms. The predicted molar refractivity (Wildman–Crippen MR) is 177 cm³/mol. The van der Waals surface area contributed by atoms with Gasteiger partial charge in [-0.2, -0.15) is 13.5 Å². The molecule has 1 saturated carbocycles. The summed E-state index contributed by atoms with van der Waals surface area (Å²) in [6.45, 7) is 4.14. The lowest BCUT2D eigenvalue weighted by Crippen LogP contribution is -2.76. The summed E-state index contributed by atoms with van der Waals surface area (Å²) in [4.78, 5) is 53.2. The zero-order valence-corrected chi connectivity index (χ0v) is 29.1. The predicted octanol–water partition coefficient (Wildman–Crippen LogP) is -0.135. The molecule has 3 aliphatic rings. The van der Waals surface area contributed by atoms with Crippen molar-refractivity contribution in [2.75, 3.05) is 12.8 Å². The van der Waals surface area contributed by atoms with Crippen molar-refractivity contribution in [2.24, 2.45) is 21.6 Å². The summed E-state index contributed by atoms with van der Waals surface area (Å²) in [6.07, 6.45) is 0.916. The Morgan fingerprint density at radius 3 is 2.56 bits per heavy atom. The van der Waals surface area contributed by atoms with Gasteiger partial charge >= 0.3 is 16.4 Å². The van der Waals surface area contributed by atoms with E-state index in [1.54, 1.807) is 6.07 Å². The van der Waals surface area contributed by atoms with Gasteiger partial charge in [0.2, 0.25) is 0 Å². The van der Waals surface area contributed by atoms with Gasteiger partial charge in [0.25, 0.3) is 17.4 Å². The van der Waals surface area contributed by atoms with E-state index in [0.717, 1.165) is 29.7 Å². The Hall–Kier alpha value is -4.41. The van der Waals surface area contributed by atoms with Crippen LogP contribution in [0.5, 0.6) is 5.75 Å². The number of nitrogens with zero attached hydrogens (tertiary/aromatic N) is 4. The normalized spacial score (nSPS) is 24.6. The second-order valence-corrected chi connectivity index (χ2v) is 14.7. The summed E-state index contributed by atoms with van der Waals surface area (Å²) < 4.78 is 47.3. The number of carbonyl (C=O) groups is 3. The third-order valence-corrected chi connectivity index (χ3v) is 9.76. The number of aliphatic carboxylic acids is 1. The molecule has 0 radical (unpaired) electrons. The maximum Gasteiger partial charge on any atom is 0.418 e. The third kappa shape index (κ3) is 7.37. The van der Waals surface area contributed by atoms with Crippen molar-refractivity contribution in [3.63, 3.8) is 0 Å². The van der Waals surface area contributed by atoms with Gasteiger partial charge in [-0.05, 0) is 69.7 Å². The van der Waals surface area contributed by atoms with Crippen LogP contribution in [0.3, 0.4) is 0 Å². The third-order valence-electron chi connectivity index (χ3n) is 8.74. The first-order valence-corrected chi connectivity index (χ1v) is 17.5. The number of nitrogens with two attached hydrogens (primary N) is 3. The molecule has 3 heterocycles. The maximum atomic E-state index is 13.5. The number of carboxylic acids is 1. The average molecular weight is 739 g/mol. The quantitative estimate of drug-likeness (QED) is 0.0513. The van der Waals surface area contributed by atoms with Crippen molar-refractivity contribution < 1.29 is 51.1 Å². The zero-order valence-electron chi connectivity index (χ0n) is 27.5. The van der Waals surface area contributed by atoms with Crippen LogP contribution >= 0.6 is 11.3 Å². The highest BCUT2D eigenvalue weighted by Gasteiger charge is 2.58. The number of hydrogen-bond acceptors (Lipinski definition) is 15. The molecule has 1 aliphatic carbocycles. The van der Waals surface area contributed by atoms with Gasteiger partial charge in [-0.3, -0.25) is 19.1 Å². The highest BCUT2D eigenvalue weighted by Crippen LogP contribution is 2.37. The number of hydroxylamine groups is 2. The summed E-state index contributed by atoms with van der Waals surface area (Å²) in [5.74, 6) is -2.77. The lowest BCUT2D eigenvalue weighted by molar-refractivity contribution is -0.218. The molecule has 1 unspecified atom stereocenters. The van der Waals surface area contributed by atoms with E-state index >= 15 is 0 Å². The first kappa shape index (κ1) is 36.9. The number of aliphatic imine (C=N–C) groups is 1. The van der Waals surface area contributed by atoms with E-state index < -0.39 is 57.2 Å². The number of oxime groups is 1. The van der Waals surface area contributed by atoms with E-state index in [2.05, 4.69) is 24.7 Å². The van der Waals surface area contributed by atoms with Crippen LogP contribution in [0.25, 0.3) is 0 Å². The van der Waals surface area contributed by atoms with Gasteiger partial charge in [-0.15, -0.1) is 15.6 Å². The molecular weight excluding hydrogens is 700 g/mol. The van der Waals surface area contributed by atoms with Gasteiger partial charge < -0.3 is 41.9 Å². The van der Waals surface area contributed by atoms with E-state index in [0.29, 0.717) is 34.2 Å². The number of aromatic nitrogens is 1. The van der Waals surface area contributed by atoms with Crippen molar-refractivity contribution in [1.82, 2.24) is 15.4 Å². The molecule has 2 aromatic rings. The lowest BCUT2D eigenvalue weighted by atomic mass is 9.84. The molecular formula is C29H38N8O11S2. The fourth-order valence-electron chi connectivity index (χ4n) is 5.77. The van der Waals surface area contributed by atoms with Gasteiger partial charge in [0, 0.05) is 24.1 Å². The minimum absolute atomic E-state index is 0.0354. The number of methoxy groups -OCH3 is 1. The number of rotatable bonds is 13. The van der Waals surface area contributed by atoms with Gasteiger partial charge in [-0.1, -0.05) is 5.16 Å². The fourth-order valence-corrected chi connectivity index (χ4v) is 6.77. The number of amides is 2. The number of ether oxygens (including phenoxy) is 2. The fraction of sp³-hybridized carbons (Fsp3) is 0.517. The van der Waals surface area contributed by atoms with Crippen LogP contribution in [0.15, 0.2) is 27.7 Å². The van der Waals surface area contributed by atoms with Gasteiger partial charge in [0.15, 0.2) is 16.9 Å². The molecule has 9 N–H and O–H groups in total. The number of amidine groups is 1. The number of hydrogen-bond donors (Lipinski definition) is 6. The molecule has 1 aromatic carbocycles. The maximum absolute atomic E-state index is 13.5. The number of thiazole rings is 1. The average Bonchev–Trinajstić information content (AvgIpc) is 3.45. The second-order valence-electron chi connectivity index (χ2n) is 12.8. The number of aryl methyl sites for hydroxylation is 1. The van der Waals surface area contributed by atoms with Gasteiger partial charge in [0.05, 0.1) is 18.2 Å². The Kier molecular flexibility index (Phi) is 10.1. The lowest BCUT2D eigenvalue weighted by Gasteiger charge is -2.50. The van der Waals surface area contributed by atoms with Crippen molar-refractivity contribution in [3.8, 4) is 5.75 Å². The Labute approximate surface area is 290 Å². The minimum Gasteiger partial charge on any atom is -0.485 e. The highest BCUT2D eigenvalue weighted by atomic mass is 32.3. The van der Waals surface area contributed by atoms with Crippen LogP contribution in [-0.4, -0.2) is 99.9 Å². The molecule has 19 nitrogen and oxygen atoms in total. The van der Waals surface area contributed by atoms with Crippen LogP contribution in [-0.2, 0) is 51.7 Å². The highest BCUT2D eigenvalue weighted by molar-refractivity contribution is 7.80. The Bertz CT molecular complexity index is 1860. The second kappa shape index (κ2) is 13.7. The monoisotopic (exact) mass is 738 g/mol. The molecule has 5 rings (SSSR count). The van der Waals surface area contributed by atoms with Crippen LogP contribution in [0.2, 0.25) is 0 Å². The molecule has 2 fully saturated rings. The first-order chi connectivity index (χ1) is 23.3. The number of β-lactam (4-membered cyclic amide) rings is 1. The SMILES string of the molecule is COCc1cc2c(cc1C(N)=NC1CC(N)C1)CCC([C@](C)(O/N=C(\C(=O)N[C@@H]1C(=O)N(OS(=O)(=O)O)C1(C)C)c1csc(N)n1)C(=O)O)O2. The first-order valence-electron chi connectivity index (χ1n) is 15.3. The van der Waals surface area contributed by atoms with Crippen LogP contribution in [0.1, 0.15) is 62.4 Å². The molecule has 2 amide bonds. The van der Waals surface area contributed by atoms with Gasteiger partial charge in [-0.25, -0.2) is 9.78 Å². The number of nitrogens with one attached hydrogen (secondary N) is 1. The summed E-state index contributed by atoms with van der Waals surface area (Å²) in [6, 6.07) is 2.34. The standard InChI is InChI=1S/C29H38N8O11S2/c1-28(2)22(25(39)37(28)48-50(42,43)44)35-24(38)21(18-12-49-27(32)34-18)36-47-29(3,26(40)41)20-6-5-13-7-17(14(11-45-4)8-19(13)46-20)23(31)33-16-9-15(30)10-16/h7-8,12,15-16,20,22H,5-6,9-11,30H2,1-4H3,(H2,31,33)(H2,32,34)(H,35,38)(H,40,41)(H,42,43,44)/b36-21-/t15?,16?,20?,22-,29+/m1/s1. The Morgan fingerprint density at radius 1 is 1.30 bits per heavy atom. The van der Waals surface area contributed by atoms with E-state index in [-0.39, 0.29) is 35.9 Å². The number of benzene rings is 1. The molecule has 0 spiro atoms. The molecule has 1 aromatic heterocycles. The summed E-state index contributed by atoms with van der Waals surface area (Å²) in [5.41, 5.74) is 15.9. The van der Waals surface area contributed by atoms with E-state index in [1.165, 1.54) is 33.3 Å². The topological polar surface area (TPSA) is 294 Å². The number of anilines is 1. The molecule has 0 bridgehead atoms. The van der Waals surface area contributed by atoms with E-state index in [9.17, 15) is 27.9 Å². The van der Waals surface area contributed by atoms with E-state index in [1.807, 2.05) is 6.07 Å². The summed E-state index contributed by atoms with van der Waals surface area (Å²) >= 11 is 0.958. The number of fused-ring (bicyclic) bond motifs is 1. The molecule has 1 saturated heterocycles. The van der Waals surface area contributed by atoms with Crippen LogP contribution < -0.4 is 27.3 Å². The van der Waals surface area contributed by atoms with Gasteiger partial charge in [0.1, 0.15) is 23.3 Å². The smallest absolute Gasteiger partial charge is 0.418 e. The molecule has 3 atom stereocenters. The van der Waals surface area contributed by atoms with Crippen molar-refractivity contribution >= 4 is 56.2 Å². The largest absolute Gasteiger partial charge is 0.485 e. The Morgan fingerprint density at radius 2 is 2.00 bits per heavy atom. The minimum atomic E-state index is -5.04. The zero-order chi connectivity index (χ0) is 36.8. The summed E-state index contributed by atoms with van der Waals surface area (Å²) in [7, 11) is -3.52. The molecule has 2 aliphatic heterocycles. The Balaban J connectivity index is 1.40. The summed E-state index contributed by atoms with van der Waals surface area (Å²) in [5, 5.41) is 18.5. The number of nitrogen functional groups attached to an aromatic ring is 1. The van der Waals surface area contributed by atoms with E-state index in [4.69, 9.17) is 36.1 Å². The number of carboxylic acid groups (broad SMARTS) is 1. The number of carbonyl (C=O) groups excluding carboxylic acids is 2. The molecule has 272 valence electrons. The van der Waals surface area contributed by atoms with Crippen molar-refractivity contribution in [3.05, 3.63) is 39.9 Å².